The van der Waals surface area contributed by atoms with Gasteiger partial charge in [-0.1, -0.05) is 217 Å². The van der Waals surface area contributed by atoms with Crippen molar-refractivity contribution >= 4 is 98.2 Å². The maximum absolute atomic E-state index is 13.7. The smallest absolute Gasteiger partial charge is 0.328 e. The molecule has 19 rings (SSSR count). The quantitative estimate of drug-likeness (QED) is 0.0220. The molecule has 0 bridgehead atoms. The molecule has 0 unspecified atom stereocenters. The molecular weight excluding hydrogens is 1750 g/mol. The van der Waals surface area contributed by atoms with Crippen LogP contribution in [0, 0.1) is 51.7 Å². The van der Waals surface area contributed by atoms with Crippen molar-refractivity contribution in [2.75, 3.05) is 0 Å². The molecular formula is C102H81Cl6F2N13O6. The van der Waals surface area contributed by atoms with Crippen LogP contribution in [0.25, 0.3) is 112 Å². The molecule has 8 heterocycles. The zero-order valence-electron chi connectivity index (χ0n) is 70.2. The van der Waals surface area contributed by atoms with Crippen molar-refractivity contribution in [3.8, 4) is 108 Å². The number of carbonyl (C=O) groups excluding carboxylic acids is 1. The maximum Gasteiger partial charge on any atom is 0.328 e. The minimum absolute atomic E-state index is 0.195. The number of nitrogens with zero attached hydrogens (tertiary/aromatic N) is 8. The molecule has 10 aromatic carbocycles. The van der Waals surface area contributed by atoms with E-state index in [0.29, 0.717) is 118 Å². The fourth-order valence-electron chi connectivity index (χ4n) is 16.0. The Kier molecular flexibility index (Phi) is 26.6. The van der Waals surface area contributed by atoms with Gasteiger partial charge in [0, 0.05) is 103 Å². The number of unbranched alkanes of at least 4 members (excludes halogenated alkanes) is 2. The number of nitrogens with one attached hydrogen (secondary N) is 4. The Morgan fingerprint density at radius 3 is 1.29 bits per heavy atom. The highest BCUT2D eigenvalue weighted by Gasteiger charge is 2.33. The van der Waals surface area contributed by atoms with Crippen LogP contribution in [0.4, 0.5) is 8.78 Å². The number of aryl methyl sites for hydroxylation is 4. The lowest BCUT2D eigenvalue weighted by Crippen LogP contribution is -2.34. The van der Waals surface area contributed by atoms with Crippen molar-refractivity contribution < 1.29 is 18.3 Å². The molecule has 8 aromatic heterocycles. The summed E-state index contributed by atoms with van der Waals surface area (Å²) in [6.07, 6.45) is 12.3. The number of benzene rings is 10. The van der Waals surface area contributed by atoms with E-state index in [1.807, 2.05) is 160 Å². The standard InChI is InChI=1S/C28H20ClN3O.C26H26Cl2N4O3.C26H19ClFN3O.C22H16Cl2FN3O/c1-3-19-9-14-23(18(2)15-19)25-17-26(33)30-28-27(21-10-12-22(29)13-11-21)24(31-32(25)28)16-20-7-5-4-6-8-20;1-3-4-5-9-20(29)26(34)35-22-10-7-6-8-17(22)21-14-23(33)30-25-24(15(2)31-32(21)25)16-11-12-18(27)19(28)13-16;1-16-13-20(28)11-12-21(16)23-15-24(32)29-26-25(18-7-9-19(27)10-8-18)22(30-31(23)26)14-17-5-3-2-4-6-17;1-11-8-14(25)5-6-15(11)18-10-19(29)26-22-20(13-4-7-16(23)17(24)9-13)21(12-2-3-12)27-28(18)22/h1,4-15,17H,16H2,2H3,(H,30,33);6-8,10-14,20H,3-5,9,29H2,1-2H3,(H,30,33);2-13,15H,14H2,1H3,(H,29,32);4-10,12H,2-3H2,1H3,(H,26,29)/t;20-;;/m.0../s1. The number of hydrogen-bond donors (Lipinski definition) is 5. The van der Waals surface area contributed by atoms with Gasteiger partial charge in [0.1, 0.15) is 46.0 Å². The number of ether oxygens (including phenoxy) is 1. The number of terminal acetylenes is 1. The molecule has 18 aromatic rings. The van der Waals surface area contributed by atoms with Gasteiger partial charge in [0.05, 0.1) is 65.6 Å². The molecule has 27 heteroatoms. The van der Waals surface area contributed by atoms with E-state index in [0.717, 1.165) is 144 Å². The van der Waals surface area contributed by atoms with Gasteiger partial charge >= 0.3 is 5.97 Å². The van der Waals surface area contributed by atoms with Crippen LogP contribution >= 0.6 is 69.6 Å². The average Bonchev–Trinajstić information content (AvgIpc) is 1.67. The third-order valence-electron chi connectivity index (χ3n) is 22.3. The van der Waals surface area contributed by atoms with Gasteiger partial charge in [0.25, 0.3) is 22.2 Å². The fourth-order valence-corrected chi connectivity index (χ4v) is 16.8. The zero-order valence-corrected chi connectivity index (χ0v) is 74.7. The highest BCUT2D eigenvalue weighted by molar-refractivity contribution is 6.42. The van der Waals surface area contributed by atoms with Gasteiger partial charge in [-0.05, 0) is 206 Å². The number of rotatable bonds is 19. The SMILES string of the molecule is C#Cc1ccc(-c2cc(=O)[nH]c3c(-c4ccc(Cl)cc4)c(Cc4ccccc4)nn23)c(C)c1.CCCCC[C@H](N)C(=O)Oc1ccccc1-c1cc(=O)[nH]c2c(-c3ccc(Cl)c(Cl)c3)c(C)nn12.Cc1cc(F)ccc1-c1cc(=O)[nH]c2c(-c3ccc(Cl)c(Cl)c3)c(C3CC3)nn12.Cc1cc(F)ccc1-c1cc(=O)[nH]c2c(-c3ccc(Cl)cc3)c(Cc3ccccc3)nn12. The van der Waals surface area contributed by atoms with Gasteiger partial charge in [-0.2, -0.15) is 20.4 Å². The van der Waals surface area contributed by atoms with Crippen LogP contribution in [-0.2, 0) is 17.6 Å². The van der Waals surface area contributed by atoms with Crippen molar-refractivity contribution in [2.45, 2.75) is 97.9 Å². The second-order valence-corrected chi connectivity index (χ2v) is 34.0. The molecule has 129 heavy (non-hydrogen) atoms. The summed E-state index contributed by atoms with van der Waals surface area (Å²) in [6.45, 7) is 9.55. The number of nitrogens with two attached hydrogens (primary N) is 1. The van der Waals surface area contributed by atoms with E-state index >= 15 is 0 Å². The molecule has 0 aliphatic heterocycles. The first kappa shape index (κ1) is 88.9. The third kappa shape index (κ3) is 19.5. The van der Waals surface area contributed by atoms with E-state index in [-0.39, 0.29) is 33.9 Å². The van der Waals surface area contributed by atoms with Crippen LogP contribution in [0.3, 0.4) is 0 Å². The molecule has 1 fully saturated rings. The molecule has 1 saturated carbocycles. The summed E-state index contributed by atoms with van der Waals surface area (Å²) in [5.74, 6) is 2.16. The molecule has 0 radical (unpaired) electrons. The largest absolute Gasteiger partial charge is 0.425 e. The van der Waals surface area contributed by atoms with Gasteiger partial charge in [-0.25, -0.2) is 31.6 Å². The maximum atomic E-state index is 13.7. The summed E-state index contributed by atoms with van der Waals surface area (Å²) in [5.41, 5.74) is 28.2. The number of carbonyl (C=O) groups is 1. The lowest BCUT2D eigenvalue weighted by atomic mass is 10.0. The van der Waals surface area contributed by atoms with Crippen LogP contribution in [0.5, 0.6) is 5.75 Å². The molecule has 1 aliphatic rings. The summed E-state index contributed by atoms with van der Waals surface area (Å²) in [6, 6.07) is 73.0. The number of fused-ring (bicyclic) bond motifs is 4. The van der Waals surface area contributed by atoms with Crippen molar-refractivity contribution in [3.05, 3.63) is 388 Å². The van der Waals surface area contributed by atoms with Crippen LogP contribution in [-0.4, -0.2) is 70.4 Å². The number of H-pyrrole nitrogens is 4. The third-order valence-corrected chi connectivity index (χ3v) is 24.3. The van der Waals surface area contributed by atoms with Gasteiger partial charge in [0.15, 0.2) is 0 Å². The van der Waals surface area contributed by atoms with Gasteiger partial charge < -0.3 is 30.4 Å². The van der Waals surface area contributed by atoms with E-state index in [2.05, 4.69) is 50.0 Å². The summed E-state index contributed by atoms with van der Waals surface area (Å²) in [4.78, 5) is 75.1. The van der Waals surface area contributed by atoms with E-state index in [1.54, 1.807) is 80.3 Å². The van der Waals surface area contributed by atoms with E-state index in [1.165, 1.54) is 42.5 Å². The molecule has 0 saturated heterocycles. The molecule has 0 amide bonds. The van der Waals surface area contributed by atoms with Crippen LogP contribution in [0.15, 0.2) is 268 Å². The first-order valence-electron chi connectivity index (χ1n) is 41.5. The van der Waals surface area contributed by atoms with Crippen molar-refractivity contribution in [2.24, 2.45) is 5.73 Å². The number of aromatic nitrogens is 12. The van der Waals surface area contributed by atoms with Crippen molar-refractivity contribution in [1.29, 1.82) is 0 Å². The fraction of sp³-hybridized carbons (Fsp3) is 0.147. The Balaban J connectivity index is 0.000000126. The Bertz CT molecular complexity index is 7640. The van der Waals surface area contributed by atoms with Gasteiger partial charge in [0.2, 0.25) is 0 Å². The summed E-state index contributed by atoms with van der Waals surface area (Å²) < 4.78 is 40.0. The number of esters is 1. The van der Waals surface area contributed by atoms with Crippen molar-refractivity contribution in [3.63, 3.8) is 0 Å². The topological polar surface area (TPSA) is 253 Å². The monoisotopic (exact) mass is 1830 g/mol. The van der Waals surface area contributed by atoms with E-state index in [9.17, 15) is 32.8 Å². The number of para-hydroxylation sites is 1. The Morgan fingerprint density at radius 1 is 0.450 bits per heavy atom. The van der Waals surface area contributed by atoms with Gasteiger partial charge in [-0.15, -0.1) is 6.42 Å². The van der Waals surface area contributed by atoms with E-state index in [4.69, 9.17) is 102 Å². The highest BCUT2D eigenvalue weighted by atomic mass is 35.5. The molecule has 1 aliphatic carbocycles. The van der Waals surface area contributed by atoms with Crippen molar-refractivity contribution in [1.82, 2.24) is 58.4 Å². The van der Waals surface area contributed by atoms with Crippen LogP contribution in [0.2, 0.25) is 30.1 Å². The summed E-state index contributed by atoms with van der Waals surface area (Å²) in [7, 11) is 0. The predicted molar refractivity (Wildman–Crippen MR) is 512 cm³/mol. The number of aromatic amines is 4. The lowest BCUT2D eigenvalue weighted by Gasteiger charge is -2.14. The van der Waals surface area contributed by atoms with E-state index < -0.39 is 12.0 Å². The molecule has 646 valence electrons. The number of halogens is 8. The average molecular weight is 1840 g/mol. The minimum atomic E-state index is -0.720. The number of hydrogen-bond acceptors (Lipinski definition) is 11. The van der Waals surface area contributed by atoms with Crippen LogP contribution in [0.1, 0.15) is 108 Å². The molecule has 6 N–H and O–H groups in total. The molecule has 1 atom stereocenters. The zero-order chi connectivity index (χ0) is 90.6. The van der Waals surface area contributed by atoms with Crippen LogP contribution < -0.4 is 32.7 Å². The molecule has 19 nitrogen and oxygen atoms in total. The Morgan fingerprint density at radius 2 is 0.853 bits per heavy atom. The first-order valence-corrected chi connectivity index (χ1v) is 43.8. The first-order chi connectivity index (χ1) is 62.2. The lowest BCUT2D eigenvalue weighted by molar-refractivity contribution is -0.136. The minimum Gasteiger partial charge on any atom is -0.425 e. The summed E-state index contributed by atoms with van der Waals surface area (Å²) in [5, 5.41) is 22.4. The second-order valence-electron chi connectivity index (χ2n) is 31.5. The second kappa shape index (κ2) is 38.6. The van der Waals surface area contributed by atoms with Gasteiger partial charge in [-0.3, -0.25) is 19.2 Å². The normalized spacial score (nSPS) is 12.0. The highest BCUT2D eigenvalue weighted by Crippen LogP contribution is 2.47. The summed E-state index contributed by atoms with van der Waals surface area (Å²) >= 11 is 36.9. The Hall–Kier alpha value is -13.5. The Labute approximate surface area is 768 Å². The predicted octanol–water partition coefficient (Wildman–Crippen LogP) is 23.7. The molecule has 0 spiro atoms.